The third kappa shape index (κ3) is 5.53. The minimum Gasteiger partial charge on any atom is -0.350 e. The van der Waals surface area contributed by atoms with E-state index in [4.69, 9.17) is 0 Å². The Morgan fingerprint density at radius 1 is 1.33 bits per heavy atom. The first-order chi connectivity index (χ1) is 9.90. The summed E-state index contributed by atoms with van der Waals surface area (Å²) in [5, 5.41) is 3.08. The van der Waals surface area contributed by atoms with Crippen molar-refractivity contribution < 1.29 is 4.79 Å². The van der Waals surface area contributed by atoms with E-state index in [1.807, 2.05) is 18.2 Å². The van der Waals surface area contributed by atoms with Crippen molar-refractivity contribution in [2.45, 2.75) is 32.7 Å². The van der Waals surface area contributed by atoms with E-state index in [0.717, 1.165) is 20.9 Å². The third-order valence-corrected chi connectivity index (χ3v) is 5.26. The molecule has 0 aromatic heterocycles. The molecule has 1 rings (SSSR count). The average Bonchev–Trinajstić information content (AvgIpc) is 2.45. The van der Waals surface area contributed by atoms with Gasteiger partial charge in [0, 0.05) is 20.6 Å². The fraction of sp³-hybridized carbons (Fsp3) is 0.562. The van der Waals surface area contributed by atoms with E-state index in [0.29, 0.717) is 24.1 Å². The lowest BCUT2D eigenvalue weighted by molar-refractivity contribution is 0.0928. The van der Waals surface area contributed by atoms with Gasteiger partial charge in [-0.05, 0) is 76.7 Å². The van der Waals surface area contributed by atoms with Crippen LogP contribution in [0.3, 0.4) is 0 Å². The number of carbonyl (C=O) groups excluding carboxylic acids is 1. The Labute approximate surface area is 150 Å². The Bertz CT molecular complexity index is 475. The normalized spacial score (nSPS) is 12.8. The van der Waals surface area contributed by atoms with E-state index in [1.54, 1.807) is 0 Å². The van der Waals surface area contributed by atoms with Crippen molar-refractivity contribution >= 4 is 44.4 Å². The molecule has 0 saturated carbocycles. The van der Waals surface area contributed by atoms with Gasteiger partial charge in [-0.2, -0.15) is 0 Å². The first-order valence-electron chi connectivity index (χ1n) is 7.30. The first kappa shape index (κ1) is 18.9. The lowest BCUT2D eigenvalue weighted by atomic mass is 9.93. The molecule has 0 bridgehead atoms. The van der Waals surface area contributed by atoms with Crippen LogP contribution in [0, 0.1) is 9.49 Å². The van der Waals surface area contributed by atoms with Crippen LogP contribution in [0.4, 0.5) is 0 Å². The molecular weight excluding hydrogens is 443 g/mol. The van der Waals surface area contributed by atoms with E-state index in [9.17, 15) is 4.79 Å². The van der Waals surface area contributed by atoms with Crippen molar-refractivity contribution in [2.75, 3.05) is 20.6 Å². The lowest BCUT2D eigenvalue weighted by Gasteiger charge is -2.31. The van der Waals surface area contributed by atoms with E-state index < -0.39 is 0 Å². The van der Waals surface area contributed by atoms with Crippen molar-refractivity contribution in [3.8, 4) is 0 Å². The van der Waals surface area contributed by atoms with Gasteiger partial charge in [-0.25, -0.2) is 0 Å². The molecule has 1 atom stereocenters. The number of nitrogens with zero attached hydrogens (tertiary/aromatic N) is 1. The highest BCUT2D eigenvalue weighted by Gasteiger charge is 2.21. The highest BCUT2D eigenvalue weighted by Crippen LogP contribution is 2.20. The Kier molecular flexibility index (Phi) is 8.19. The lowest BCUT2D eigenvalue weighted by Crippen LogP contribution is -2.44. The van der Waals surface area contributed by atoms with Gasteiger partial charge in [-0.1, -0.05) is 26.7 Å². The SMILES string of the molecule is CCC(CC)C(CNC(=O)c1cc(I)ccc1Br)N(C)C. The van der Waals surface area contributed by atoms with Gasteiger partial charge >= 0.3 is 0 Å². The molecule has 0 saturated heterocycles. The predicted molar refractivity (Wildman–Crippen MR) is 101 cm³/mol. The molecule has 1 aromatic rings. The van der Waals surface area contributed by atoms with Crippen molar-refractivity contribution in [2.24, 2.45) is 5.92 Å². The molecule has 0 fully saturated rings. The number of halogens is 2. The summed E-state index contributed by atoms with van der Waals surface area (Å²) in [6.45, 7) is 5.10. The van der Waals surface area contributed by atoms with Crippen molar-refractivity contribution in [1.82, 2.24) is 10.2 Å². The van der Waals surface area contributed by atoms with Crippen molar-refractivity contribution in [3.63, 3.8) is 0 Å². The second-order valence-electron chi connectivity index (χ2n) is 5.44. The Morgan fingerprint density at radius 2 is 1.95 bits per heavy atom. The Hall–Kier alpha value is -0.140. The van der Waals surface area contributed by atoms with Crippen LogP contribution in [0.2, 0.25) is 0 Å². The topological polar surface area (TPSA) is 32.3 Å². The maximum atomic E-state index is 12.4. The first-order valence-corrected chi connectivity index (χ1v) is 9.17. The van der Waals surface area contributed by atoms with Gasteiger partial charge in [-0.15, -0.1) is 0 Å². The molecule has 0 aliphatic heterocycles. The molecule has 3 nitrogen and oxygen atoms in total. The molecule has 0 aliphatic carbocycles. The summed E-state index contributed by atoms with van der Waals surface area (Å²) in [4.78, 5) is 14.6. The number of rotatable bonds is 7. The zero-order chi connectivity index (χ0) is 16.0. The van der Waals surface area contributed by atoms with E-state index in [2.05, 4.69) is 76.7 Å². The molecule has 1 N–H and O–H groups in total. The van der Waals surface area contributed by atoms with Gasteiger partial charge in [0.1, 0.15) is 0 Å². The fourth-order valence-corrected chi connectivity index (χ4v) is 3.49. The molecule has 118 valence electrons. The summed E-state index contributed by atoms with van der Waals surface area (Å²) < 4.78 is 1.90. The van der Waals surface area contributed by atoms with Crippen LogP contribution < -0.4 is 5.32 Å². The summed E-state index contributed by atoms with van der Waals surface area (Å²) in [5.74, 6) is 0.581. The zero-order valence-corrected chi connectivity index (χ0v) is 16.9. The van der Waals surface area contributed by atoms with E-state index in [1.165, 1.54) is 0 Å². The largest absolute Gasteiger partial charge is 0.350 e. The van der Waals surface area contributed by atoms with Gasteiger partial charge in [0.25, 0.3) is 5.91 Å². The van der Waals surface area contributed by atoms with Crippen LogP contribution in [-0.4, -0.2) is 37.5 Å². The predicted octanol–water partition coefficient (Wildman–Crippen LogP) is 4.15. The summed E-state index contributed by atoms with van der Waals surface area (Å²) in [7, 11) is 4.16. The zero-order valence-electron chi connectivity index (χ0n) is 13.1. The molecule has 0 spiro atoms. The summed E-state index contributed by atoms with van der Waals surface area (Å²) >= 11 is 5.67. The van der Waals surface area contributed by atoms with Gasteiger partial charge in [0.05, 0.1) is 5.56 Å². The molecular formula is C16H24BrIN2O. The molecule has 0 heterocycles. The second-order valence-corrected chi connectivity index (χ2v) is 7.54. The van der Waals surface area contributed by atoms with Crippen molar-refractivity contribution in [3.05, 3.63) is 31.8 Å². The smallest absolute Gasteiger partial charge is 0.252 e. The standard InChI is InChI=1S/C16H24BrIN2O/c1-5-11(6-2)15(20(3)4)10-19-16(21)13-9-12(18)7-8-14(13)17/h7-9,11,15H,5-6,10H2,1-4H3,(H,19,21). The highest BCUT2D eigenvalue weighted by molar-refractivity contribution is 14.1. The van der Waals surface area contributed by atoms with Crippen LogP contribution in [0.15, 0.2) is 22.7 Å². The fourth-order valence-electron chi connectivity index (χ4n) is 2.57. The third-order valence-electron chi connectivity index (χ3n) is 3.90. The van der Waals surface area contributed by atoms with Gasteiger partial charge in [-0.3, -0.25) is 4.79 Å². The van der Waals surface area contributed by atoms with Gasteiger partial charge < -0.3 is 10.2 Å². The quantitative estimate of drug-likeness (QED) is 0.612. The minimum atomic E-state index is -0.0156. The monoisotopic (exact) mass is 466 g/mol. The van der Waals surface area contributed by atoms with Crippen LogP contribution in [-0.2, 0) is 0 Å². The molecule has 1 amide bonds. The molecule has 0 radical (unpaired) electrons. The molecule has 1 aromatic carbocycles. The van der Waals surface area contributed by atoms with Crippen LogP contribution in [0.5, 0.6) is 0 Å². The average molecular weight is 467 g/mol. The highest BCUT2D eigenvalue weighted by atomic mass is 127. The Balaban J connectivity index is 2.75. The maximum absolute atomic E-state index is 12.4. The van der Waals surface area contributed by atoms with E-state index >= 15 is 0 Å². The summed E-state index contributed by atoms with van der Waals surface area (Å²) in [5.41, 5.74) is 0.698. The van der Waals surface area contributed by atoms with Gasteiger partial charge in [0.15, 0.2) is 0 Å². The number of nitrogens with one attached hydrogen (secondary N) is 1. The number of hydrogen-bond donors (Lipinski definition) is 1. The summed E-state index contributed by atoms with van der Waals surface area (Å²) in [6.07, 6.45) is 2.25. The molecule has 0 aliphatic rings. The van der Waals surface area contributed by atoms with Crippen LogP contribution >= 0.6 is 38.5 Å². The summed E-state index contributed by atoms with van der Waals surface area (Å²) in [6, 6.07) is 6.17. The Morgan fingerprint density at radius 3 is 2.48 bits per heavy atom. The molecule has 1 unspecified atom stereocenters. The number of hydrogen-bond acceptors (Lipinski definition) is 2. The van der Waals surface area contributed by atoms with Crippen LogP contribution in [0.25, 0.3) is 0 Å². The maximum Gasteiger partial charge on any atom is 0.252 e. The number of benzene rings is 1. The van der Waals surface area contributed by atoms with Gasteiger partial charge in [0.2, 0.25) is 0 Å². The van der Waals surface area contributed by atoms with E-state index in [-0.39, 0.29) is 5.91 Å². The number of likely N-dealkylation sites (N-methyl/N-ethyl adjacent to an activating group) is 1. The second kappa shape index (κ2) is 9.10. The minimum absolute atomic E-state index is 0.0156. The van der Waals surface area contributed by atoms with Crippen LogP contribution in [0.1, 0.15) is 37.0 Å². The molecule has 5 heteroatoms. The number of carbonyl (C=O) groups is 1. The molecule has 21 heavy (non-hydrogen) atoms. The number of amides is 1. The van der Waals surface area contributed by atoms with Crippen molar-refractivity contribution in [1.29, 1.82) is 0 Å².